The Balaban J connectivity index is 1.58. The molecule has 0 saturated carbocycles. The highest BCUT2D eigenvalue weighted by molar-refractivity contribution is 7.99. The van der Waals surface area contributed by atoms with Crippen LogP contribution in [0, 0.1) is 0 Å². The lowest BCUT2D eigenvalue weighted by atomic mass is 10.1. The van der Waals surface area contributed by atoms with Gasteiger partial charge in [0.05, 0.1) is 27.0 Å². The fraction of sp³-hybridized carbons (Fsp3) is 0.250. The summed E-state index contributed by atoms with van der Waals surface area (Å²) >= 11 is 1.57. The van der Waals surface area contributed by atoms with Crippen LogP contribution >= 0.6 is 11.8 Å². The van der Waals surface area contributed by atoms with Gasteiger partial charge in [-0.05, 0) is 30.3 Å². The molecule has 3 aromatic rings. The molecule has 10 heteroatoms. The summed E-state index contributed by atoms with van der Waals surface area (Å²) in [5.41, 5.74) is 2.60. The van der Waals surface area contributed by atoms with E-state index in [4.69, 9.17) is 28.8 Å². The Bertz CT molecular complexity index is 1140. The summed E-state index contributed by atoms with van der Waals surface area (Å²) in [5.74, 6) is 4.30. The van der Waals surface area contributed by atoms with Gasteiger partial charge in [-0.3, -0.25) is 0 Å². The van der Waals surface area contributed by atoms with Crippen molar-refractivity contribution in [2.75, 3.05) is 33.9 Å². The molecule has 0 N–H and O–H groups in total. The minimum atomic E-state index is 0.237. The van der Waals surface area contributed by atoms with Crippen molar-refractivity contribution in [2.45, 2.75) is 5.16 Å². The van der Waals surface area contributed by atoms with Crippen molar-refractivity contribution in [3.05, 3.63) is 35.9 Å². The lowest BCUT2D eigenvalue weighted by Crippen LogP contribution is -2.13. The van der Waals surface area contributed by atoms with E-state index in [1.807, 2.05) is 30.3 Å². The zero-order valence-electron chi connectivity index (χ0n) is 16.5. The first-order valence-electron chi connectivity index (χ1n) is 9.08. The number of ether oxygens (including phenoxy) is 5. The zero-order chi connectivity index (χ0) is 20.7. The Kier molecular flexibility index (Phi) is 4.62. The zero-order valence-corrected chi connectivity index (χ0v) is 17.4. The Hall–Kier alpha value is -3.40. The summed E-state index contributed by atoms with van der Waals surface area (Å²) in [6, 6.07) is 9.46. The fourth-order valence-corrected chi connectivity index (χ4v) is 4.17. The molecule has 30 heavy (non-hydrogen) atoms. The second-order valence-electron chi connectivity index (χ2n) is 6.44. The monoisotopic (exact) mass is 426 g/mol. The molecule has 9 nitrogen and oxygen atoms in total. The largest absolute Gasteiger partial charge is 0.493 e. The predicted molar refractivity (Wildman–Crippen MR) is 110 cm³/mol. The van der Waals surface area contributed by atoms with Gasteiger partial charge in [0, 0.05) is 16.9 Å². The Labute approximate surface area is 176 Å². The first-order chi connectivity index (χ1) is 14.7. The third-order valence-electron chi connectivity index (χ3n) is 4.80. The van der Waals surface area contributed by atoms with Gasteiger partial charge in [0.2, 0.25) is 17.7 Å². The molecule has 154 valence electrons. The van der Waals surface area contributed by atoms with E-state index in [1.165, 1.54) is 0 Å². The first kappa shape index (κ1) is 18.6. The van der Waals surface area contributed by atoms with Crippen molar-refractivity contribution in [3.8, 4) is 40.1 Å². The summed E-state index contributed by atoms with van der Waals surface area (Å²) < 4.78 is 29.0. The number of hydrogen-bond donors (Lipinski definition) is 0. The van der Waals surface area contributed by atoms with E-state index in [1.54, 1.807) is 37.8 Å². The number of fused-ring (bicyclic) bond motifs is 2. The number of nitrogens with zero attached hydrogens (tertiary/aromatic N) is 4. The van der Waals surface area contributed by atoms with Crippen LogP contribution in [-0.4, -0.2) is 54.5 Å². The van der Waals surface area contributed by atoms with Crippen LogP contribution in [0.4, 0.5) is 0 Å². The first-order valence-corrected chi connectivity index (χ1v) is 10.1. The Morgan fingerprint density at radius 2 is 1.67 bits per heavy atom. The molecule has 0 fully saturated rings. The van der Waals surface area contributed by atoms with Crippen LogP contribution in [0.25, 0.3) is 11.4 Å². The van der Waals surface area contributed by atoms with Gasteiger partial charge in [-0.1, -0.05) is 11.8 Å². The highest BCUT2D eigenvalue weighted by atomic mass is 32.2. The third-order valence-corrected chi connectivity index (χ3v) is 5.73. The minimum absolute atomic E-state index is 0.237. The van der Waals surface area contributed by atoms with Crippen LogP contribution in [0.5, 0.6) is 28.7 Å². The van der Waals surface area contributed by atoms with Gasteiger partial charge >= 0.3 is 0 Å². The Morgan fingerprint density at radius 3 is 2.40 bits per heavy atom. The van der Waals surface area contributed by atoms with Crippen molar-refractivity contribution in [3.63, 3.8) is 0 Å². The average Bonchev–Trinajstić information content (AvgIpc) is 3.43. The average molecular weight is 426 g/mol. The van der Waals surface area contributed by atoms with Gasteiger partial charge in [-0.25, -0.2) is 0 Å². The molecule has 0 amide bonds. The van der Waals surface area contributed by atoms with Gasteiger partial charge in [-0.15, -0.1) is 10.2 Å². The summed E-state index contributed by atoms with van der Waals surface area (Å²) in [6.07, 6.45) is 0. The number of rotatable bonds is 5. The molecule has 0 bridgehead atoms. The van der Waals surface area contributed by atoms with Crippen LogP contribution < -0.4 is 23.7 Å². The van der Waals surface area contributed by atoms with E-state index in [-0.39, 0.29) is 6.79 Å². The molecule has 1 aromatic heterocycles. The van der Waals surface area contributed by atoms with E-state index in [0.29, 0.717) is 34.0 Å². The van der Waals surface area contributed by atoms with E-state index < -0.39 is 0 Å². The lowest BCUT2D eigenvalue weighted by molar-refractivity contribution is 0.174. The highest BCUT2D eigenvalue weighted by Gasteiger charge is 2.24. The maximum atomic E-state index is 5.50. The van der Waals surface area contributed by atoms with Gasteiger partial charge < -0.3 is 23.7 Å². The summed E-state index contributed by atoms with van der Waals surface area (Å²) in [7, 11) is 4.72. The van der Waals surface area contributed by atoms with E-state index >= 15 is 0 Å². The van der Waals surface area contributed by atoms with E-state index in [0.717, 1.165) is 28.3 Å². The lowest BCUT2D eigenvalue weighted by Gasteiger charge is -2.16. The maximum absolute atomic E-state index is 5.50. The number of aromatic nitrogens is 3. The fourth-order valence-electron chi connectivity index (χ4n) is 3.34. The SMILES string of the molecule is COc1cc(-c2nnc3n2N=C(c2ccc4c(c2)OCO4)CS3)cc(OC)c1OC. The topological polar surface area (TPSA) is 89.2 Å². The number of benzene rings is 2. The molecule has 3 heterocycles. The maximum Gasteiger partial charge on any atom is 0.231 e. The van der Waals surface area contributed by atoms with Crippen LogP contribution in [0.15, 0.2) is 40.6 Å². The van der Waals surface area contributed by atoms with Crippen LogP contribution in [0.1, 0.15) is 5.56 Å². The summed E-state index contributed by atoms with van der Waals surface area (Å²) in [5, 5.41) is 14.2. The molecular formula is C20H18N4O5S. The van der Waals surface area contributed by atoms with Crippen molar-refractivity contribution in [1.29, 1.82) is 0 Å². The normalized spacial score (nSPS) is 14.2. The number of methoxy groups -OCH3 is 3. The molecule has 2 aliphatic rings. The van der Waals surface area contributed by atoms with Crippen LogP contribution in [0.3, 0.4) is 0 Å². The predicted octanol–water partition coefficient (Wildman–Crippen LogP) is 3.06. The molecule has 0 saturated heterocycles. The Morgan fingerprint density at radius 1 is 0.900 bits per heavy atom. The molecule has 0 radical (unpaired) electrons. The summed E-state index contributed by atoms with van der Waals surface area (Å²) in [6.45, 7) is 0.237. The van der Waals surface area contributed by atoms with Gasteiger partial charge in [0.1, 0.15) is 0 Å². The van der Waals surface area contributed by atoms with Crippen LogP contribution in [0.2, 0.25) is 0 Å². The quantitative estimate of drug-likeness (QED) is 0.615. The smallest absolute Gasteiger partial charge is 0.231 e. The number of thioether (sulfide) groups is 1. The molecule has 5 rings (SSSR count). The van der Waals surface area contributed by atoms with Crippen molar-refractivity contribution >= 4 is 17.5 Å². The molecule has 0 unspecified atom stereocenters. The van der Waals surface area contributed by atoms with Gasteiger partial charge in [0.15, 0.2) is 28.8 Å². The molecule has 0 aliphatic carbocycles. The molecule has 2 aliphatic heterocycles. The molecule has 2 aromatic carbocycles. The standard InChI is InChI=1S/C20H18N4O5S/c1-25-16-7-12(8-17(26-2)18(16)27-3)19-21-22-20-24(19)23-13(9-30-20)11-4-5-14-15(6-11)29-10-28-14/h4-8H,9-10H2,1-3H3. The van der Waals surface area contributed by atoms with Crippen molar-refractivity contribution < 1.29 is 23.7 Å². The van der Waals surface area contributed by atoms with E-state index in [9.17, 15) is 0 Å². The minimum Gasteiger partial charge on any atom is -0.493 e. The van der Waals surface area contributed by atoms with E-state index in [2.05, 4.69) is 10.2 Å². The number of hydrogen-bond acceptors (Lipinski definition) is 9. The molecular weight excluding hydrogens is 408 g/mol. The van der Waals surface area contributed by atoms with Crippen molar-refractivity contribution in [1.82, 2.24) is 14.9 Å². The molecule has 0 atom stereocenters. The van der Waals surface area contributed by atoms with Crippen molar-refractivity contribution in [2.24, 2.45) is 5.10 Å². The van der Waals surface area contributed by atoms with Gasteiger partial charge in [0.25, 0.3) is 0 Å². The summed E-state index contributed by atoms with van der Waals surface area (Å²) in [4.78, 5) is 0. The molecule has 0 spiro atoms. The van der Waals surface area contributed by atoms with Crippen LogP contribution in [-0.2, 0) is 0 Å². The van der Waals surface area contributed by atoms with Gasteiger partial charge in [-0.2, -0.15) is 9.78 Å². The highest BCUT2D eigenvalue weighted by Crippen LogP contribution is 2.41. The second kappa shape index (κ2) is 7.45. The second-order valence-corrected chi connectivity index (χ2v) is 7.38. The third kappa shape index (κ3) is 3.00.